The van der Waals surface area contributed by atoms with E-state index in [-0.39, 0.29) is 33.3 Å². The van der Waals surface area contributed by atoms with Gasteiger partial charge >= 0.3 is 5.97 Å². The van der Waals surface area contributed by atoms with Crippen LogP contribution in [0.5, 0.6) is 0 Å². The molecule has 0 saturated carbocycles. The summed E-state index contributed by atoms with van der Waals surface area (Å²) in [4.78, 5) is 13.9. The summed E-state index contributed by atoms with van der Waals surface area (Å²) in [7, 11) is 0. The van der Waals surface area contributed by atoms with E-state index in [0.29, 0.717) is 19.4 Å². The van der Waals surface area contributed by atoms with Crippen molar-refractivity contribution in [3.05, 3.63) is 0 Å². The van der Waals surface area contributed by atoms with Crippen molar-refractivity contribution < 1.29 is 37.3 Å². The zero-order chi connectivity index (χ0) is 9.56. The smallest absolute Gasteiger partial charge is 0.320 e. The van der Waals surface area contributed by atoms with Crippen molar-refractivity contribution in [3.8, 4) is 0 Å². The summed E-state index contributed by atoms with van der Waals surface area (Å²) in [5.41, 5.74) is 15.3. The van der Waals surface area contributed by atoms with Gasteiger partial charge in [-0.3, -0.25) is 9.79 Å². The van der Waals surface area contributed by atoms with Crippen LogP contribution in [0.1, 0.15) is 12.8 Å². The summed E-state index contributed by atoms with van der Waals surface area (Å²) >= 11 is 0. The maximum Gasteiger partial charge on any atom is 0.320 e. The van der Waals surface area contributed by atoms with Crippen molar-refractivity contribution in [1.82, 2.24) is 0 Å². The highest BCUT2D eigenvalue weighted by Crippen LogP contribution is 1.94. The van der Waals surface area contributed by atoms with Gasteiger partial charge < -0.3 is 49.7 Å². The number of carboxylic acid groups (broad SMARTS) is 1. The standard InChI is InChI=1S/C6H14N4O2.5H2O/c7-4(5(11)12)2-1-3-10-6(8)9;;;;;/h4H,1-3,7H2,(H,11,12)(H4,8,9,10);5*1H2/t4-;;;;;/m0...../s1. The van der Waals surface area contributed by atoms with E-state index in [9.17, 15) is 4.79 Å². The lowest BCUT2D eigenvalue weighted by Gasteiger charge is -2.03. The van der Waals surface area contributed by atoms with Gasteiger partial charge in [0.05, 0.1) is 0 Å². The highest BCUT2D eigenvalue weighted by Gasteiger charge is 2.09. The Morgan fingerprint density at radius 1 is 1.12 bits per heavy atom. The van der Waals surface area contributed by atoms with Gasteiger partial charge in [0.1, 0.15) is 6.04 Å². The number of aliphatic carboxylic acids is 1. The van der Waals surface area contributed by atoms with E-state index in [2.05, 4.69) is 4.99 Å². The molecule has 0 saturated heterocycles. The molecule has 0 fully saturated rings. The van der Waals surface area contributed by atoms with E-state index in [1.165, 1.54) is 0 Å². The number of hydrogen-bond donors (Lipinski definition) is 4. The molecule has 0 aliphatic rings. The fourth-order valence-electron chi connectivity index (χ4n) is 0.643. The Morgan fingerprint density at radius 3 is 1.82 bits per heavy atom. The van der Waals surface area contributed by atoms with E-state index in [1.54, 1.807) is 0 Å². The third-order valence-electron chi connectivity index (χ3n) is 1.28. The minimum absolute atomic E-state index is 0. The Bertz CT molecular complexity index is 185. The van der Waals surface area contributed by atoms with Gasteiger partial charge in [-0.25, -0.2) is 0 Å². The van der Waals surface area contributed by atoms with Crippen LogP contribution in [0, 0.1) is 0 Å². The average Bonchev–Trinajstić information content (AvgIpc) is 1.97. The van der Waals surface area contributed by atoms with Crippen molar-refractivity contribution >= 4 is 11.9 Å². The fourth-order valence-corrected chi connectivity index (χ4v) is 0.643. The van der Waals surface area contributed by atoms with Gasteiger partial charge in [0.15, 0.2) is 5.96 Å². The molecule has 110 valence electrons. The molecule has 11 heteroatoms. The number of aliphatic imine (C=N–C) groups is 1. The topological polar surface area (TPSA) is 285 Å². The first-order chi connectivity index (χ1) is 5.54. The van der Waals surface area contributed by atoms with Crippen molar-refractivity contribution in [3.63, 3.8) is 0 Å². The molecule has 0 aliphatic heterocycles. The molecule has 0 bridgehead atoms. The molecule has 0 aliphatic carbocycles. The van der Waals surface area contributed by atoms with Crippen LogP contribution in [0.25, 0.3) is 0 Å². The van der Waals surface area contributed by atoms with Crippen molar-refractivity contribution in [2.75, 3.05) is 6.54 Å². The molecule has 17 N–H and O–H groups in total. The minimum atomic E-state index is -1.00. The summed E-state index contributed by atoms with van der Waals surface area (Å²) in [6.07, 6.45) is 0.956. The molecule has 1 atom stereocenters. The maximum atomic E-state index is 10.2. The molecular formula is C6H24N4O7. The molecule has 0 aromatic heterocycles. The van der Waals surface area contributed by atoms with Gasteiger partial charge in [0.2, 0.25) is 0 Å². The minimum Gasteiger partial charge on any atom is -0.480 e. The van der Waals surface area contributed by atoms with Gasteiger partial charge in [-0.2, -0.15) is 0 Å². The summed E-state index contributed by atoms with van der Waals surface area (Å²) in [5, 5.41) is 8.38. The largest absolute Gasteiger partial charge is 0.480 e. The number of hydrogen-bond acceptors (Lipinski definition) is 3. The van der Waals surface area contributed by atoms with Gasteiger partial charge in [-0.1, -0.05) is 0 Å². The van der Waals surface area contributed by atoms with Crippen molar-refractivity contribution in [2.45, 2.75) is 18.9 Å². The molecule has 0 radical (unpaired) electrons. The van der Waals surface area contributed by atoms with Crippen LogP contribution in [0.4, 0.5) is 0 Å². The second kappa shape index (κ2) is 20.0. The lowest BCUT2D eigenvalue weighted by molar-refractivity contribution is -0.138. The monoisotopic (exact) mass is 264 g/mol. The number of guanidine groups is 1. The summed E-state index contributed by atoms with van der Waals surface area (Å²) in [5.74, 6) is -0.987. The van der Waals surface area contributed by atoms with E-state index in [1.807, 2.05) is 0 Å². The van der Waals surface area contributed by atoms with E-state index >= 15 is 0 Å². The molecule has 0 rings (SSSR count). The predicted octanol–water partition coefficient (Wildman–Crippen LogP) is -5.67. The summed E-state index contributed by atoms with van der Waals surface area (Å²) in [6, 6.07) is -0.820. The van der Waals surface area contributed by atoms with Crippen molar-refractivity contribution in [1.29, 1.82) is 0 Å². The Kier molecular flexibility index (Phi) is 42.4. The Balaban J connectivity index is -0.0000000605. The Morgan fingerprint density at radius 2 is 1.53 bits per heavy atom. The lowest BCUT2D eigenvalue weighted by atomic mass is 10.2. The summed E-state index contributed by atoms with van der Waals surface area (Å²) in [6.45, 7) is 0.420. The average molecular weight is 264 g/mol. The fraction of sp³-hybridized carbons (Fsp3) is 0.667. The van der Waals surface area contributed by atoms with Crippen LogP contribution < -0.4 is 17.2 Å². The van der Waals surface area contributed by atoms with Crippen LogP contribution in [-0.4, -0.2) is 57.0 Å². The zero-order valence-corrected chi connectivity index (χ0v) is 9.23. The second-order valence-electron chi connectivity index (χ2n) is 2.39. The van der Waals surface area contributed by atoms with Gasteiger partial charge in [0, 0.05) is 6.54 Å². The van der Waals surface area contributed by atoms with E-state index in [0.717, 1.165) is 0 Å². The molecule has 11 nitrogen and oxygen atoms in total. The van der Waals surface area contributed by atoms with Crippen LogP contribution in [0.2, 0.25) is 0 Å². The first kappa shape index (κ1) is 36.1. The Hall–Kier alpha value is -1.50. The molecule has 0 amide bonds. The van der Waals surface area contributed by atoms with E-state index in [4.69, 9.17) is 22.3 Å². The molecule has 0 aromatic carbocycles. The lowest BCUT2D eigenvalue weighted by Crippen LogP contribution is -2.30. The second-order valence-corrected chi connectivity index (χ2v) is 2.39. The Labute approximate surface area is 97.8 Å². The third-order valence-corrected chi connectivity index (χ3v) is 1.28. The molecule has 0 spiro atoms. The van der Waals surface area contributed by atoms with Gasteiger partial charge in [0.25, 0.3) is 0 Å². The number of nitrogens with zero attached hydrogens (tertiary/aromatic N) is 1. The first-order valence-corrected chi connectivity index (χ1v) is 3.58. The van der Waals surface area contributed by atoms with Crippen LogP contribution >= 0.6 is 0 Å². The van der Waals surface area contributed by atoms with E-state index < -0.39 is 12.0 Å². The summed E-state index contributed by atoms with van der Waals surface area (Å²) < 4.78 is 0. The highest BCUT2D eigenvalue weighted by atomic mass is 16.4. The molecular weight excluding hydrogens is 240 g/mol. The van der Waals surface area contributed by atoms with Crippen LogP contribution in [0.3, 0.4) is 0 Å². The number of rotatable bonds is 5. The van der Waals surface area contributed by atoms with Gasteiger partial charge in [-0.15, -0.1) is 0 Å². The third kappa shape index (κ3) is 25.1. The quantitative estimate of drug-likeness (QED) is 0.213. The zero-order valence-electron chi connectivity index (χ0n) is 9.23. The predicted molar refractivity (Wildman–Crippen MR) is 63.6 cm³/mol. The number of nitrogens with two attached hydrogens (primary N) is 3. The van der Waals surface area contributed by atoms with Crippen LogP contribution in [0.15, 0.2) is 4.99 Å². The molecule has 0 aromatic rings. The molecule has 0 heterocycles. The van der Waals surface area contributed by atoms with Crippen molar-refractivity contribution in [2.24, 2.45) is 22.2 Å². The first-order valence-electron chi connectivity index (χ1n) is 3.58. The SMILES string of the molecule is NC(N)=NCCC[C@H](N)C(=O)O.O.O.O.O.O. The van der Waals surface area contributed by atoms with Crippen LogP contribution in [-0.2, 0) is 4.79 Å². The number of carboxylic acids is 1. The van der Waals surface area contributed by atoms with Gasteiger partial charge in [-0.05, 0) is 12.8 Å². The normalized spacial score (nSPS) is 8.53. The molecule has 0 unspecified atom stereocenters. The maximum absolute atomic E-state index is 10.2. The number of carbonyl (C=O) groups is 1. The molecule has 17 heavy (non-hydrogen) atoms. The highest BCUT2D eigenvalue weighted by molar-refractivity contribution is 5.75.